The van der Waals surface area contributed by atoms with Crippen LogP contribution in [0.15, 0.2) is 24.3 Å². The summed E-state index contributed by atoms with van der Waals surface area (Å²) >= 11 is -1.49. The molecule has 1 aromatic rings. The normalized spacial score (nSPS) is 11.1. The molecular formula is C54H105NO9S. The van der Waals surface area contributed by atoms with E-state index >= 15 is 0 Å². The summed E-state index contributed by atoms with van der Waals surface area (Å²) in [4.78, 5) is 32.6. The molecule has 0 aliphatic rings. The number of hydrogen-bond acceptors (Lipinski definition) is 9. The molecule has 0 saturated heterocycles. The van der Waals surface area contributed by atoms with Crippen molar-refractivity contribution in [2.24, 2.45) is 0 Å². The Labute approximate surface area is 404 Å². The maximum absolute atomic E-state index is 11.4. The number of esters is 3. The van der Waals surface area contributed by atoms with Crippen molar-refractivity contribution in [2.75, 3.05) is 26.9 Å². The molecule has 0 heterocycles. The molecule has 0 amide bonds. The zero-order valence-corrected chi connectivity index (χ0v) is 45.1. The molecule has 2 unspecified atom stereocenters. The molecule has 386 valence electrons. The number of nitrogens with one attached hydrogen (secondary N) is 1. The molecule has 65 heavy (non-hydrogen) atoms. The van der Waals surface area contributed by atoms with Gasteiger partial charge in [0.05, 0.1) is 19.8 Å². The fraction of sp³-hybridized carbons (Fsp3) is 0.833. The van der Waals surface area contributed by atoms with Gasteiger partial charge in [-0.2, -0.15) is 4.21 Å². The summed E-state index contributed by atoms with van der Waals surface area (Å²) in [6.45, 7) is 20.8. The topological polar surface area (TPSA) is 126 Å². The van der Waals surface area contributed by atoms with Crippen LogP contribution in [0.3, 0.4) is 0 Å². The van der Waals surface area contributed by atoms with E-state index in [0.29, 0.717) is 19.0 Å². The first kappa shape index (κ1) is 68.9. The van der Waals surface area contributed by atoms with Crippen molar-refractivity contribution >= 4 is 29.2 Å². The van der Waals surface area contributed by atoms with Crippen molar-refractivity contribution in [3.8, 4) is 11.5 Å². The van der Waals surface area contributed by atoms with E-state index in [4.69, 9.17) is 23.1 Å². The van der Waals surface area contributed by atoms with Crippen LogP contribution in [0.25, 0.3) is 0 Å². The van der Waals surface area contributed by atoms with Crippen LogP contribution in [0.5, 0.6) is 11.5 Å². The van der Waals surface area contributed by atoms with E-state index < -0.39 is 29.3 Å². The molecule has 2 atom stereocenters. The van der Waals surface area contributed by atoms with Crippen molar-refractivity contribution in [1.82, 2.24) is 4.72 Å². The Morgan fingerprint density at radius 2 is 0.785 bits per heavy atom. The van der Waals surface area contributed by atoms with Crippen molar-refractivity contribution in [2.45, 2.75) is 268 Å². The molecule has 10 nitrogen and oxygen atoms in total. The number of rotatable bonds is 39. The Bertz CT molecular complexity index is 1140. The summed E-state index contributed by atoms with van der Waals surface area (Å²) in [7, 11) is 1.58. The molecule has 0 saturated carbocycles. The van der Waals surface area contributed by atoms with Crippen LogP contribution in [0.1, 0.15) is 262 Å². The van der Waals surface area contributed by atoms with Gasteiger partial charge in [0.2, 0.25) is 0 Å². The lowest BCUT2D eigenvalue weighted by molar-refractivity contribution is -0.165. The molecule has 0 aliphatic heterocycles. The van der Waals surface area contributed by atoms with E-state index in [1.54, 1.807) is 19.2 Å². The predicted molar refractivity (Wildman–Crippen MR) is 277 cm³/mol. The second kappa shape index (κ2) is 59.4. The van der Waals surface area contributed by atoms with E-state index in [2.05, 4.69) is 25.5 Å². The fourth-order valence-electron chi connectivity index (χ4n) is 6.48. The van der Waals surface area contributed by atoms with Gasteiger partial charge in [0.1, 0.15) is 11.5 Å². The van der Waals surface area contributed by atoms with Gasteiger partial charge < -0.3 is 23.1 Å². The number of hydrogen-bond donors (Lipinski definition) is 1. The summed E-state index contributed by atoms with van der Waals surface area (Å²) in [6, 6.07) is 7.23. The number of carbonyl (C=O) groups is 3. The molecule has 0 spiro atoms. The van der Waals surface area contributed by atoms with Crippen molar-refractivity contribution in [3.63, 3.8) is 0 Å². The number of carbonyl (C=O) groups excluding carboxylic acids is 3. The lowest BCUT2D eigenvalue weighted by Gasteiger charge is -2.11. The number of unbranched alkanes of at least 4 members (excludes halogenated alkanes) is 27. The molecule has 0 aliphatic carbocycles. The Hall–Kier alpha value is -2.66. The number of benzene rings is 1. The minimum Gasteiger partial charge on any atom is -0.494 e. The second-order valence-corrected chi connectivity index (χ2v) is 17.2. The summed E-state index contributed by atoms with van der Waals surface area (Å²) in [5.74, 6) is 0.318. The molecule has 1 rings (SSSR count). The fourth-order valence-corrected chi connectivity index (χ4v) is 6.85. The van der Waals surface area contributed by atoms with Crippen molar-refractivity contribution < 1.29 is 41.7 Å². The SMILES string of the molecule is CC.CC.CCCCCCCCCCCCOC(=O)C(C)OC(C)=O.CCCCCCCCCCCCOC(C)=O.CCCCCCCCCCCCOc1ccc(OS(=O)NC)cc1. The highest BCUT2D eigenvalue weighted by Crippen LogP contribution is 2.19. The van der Waals surface area contributed by atoms with Crippen LogP contribution >= 0.6 is 0 Å². The van der Waals surface area contributed by atoms with Crippen LogP contribution in [0, 0.1) is 0 Å². The quantitative estimate of drug-likeness (QED) is 0.0390. The van der Waals surface area contributed by atoms with Crippen molar-refractivity contribution in [1.29, 1.82) is 0 Å². The van der Waals surface area contributed by atoms with E-state index in [1.807, 2.05) is 39.8 Å². The standard InChI is InChI=1S/C19H33NO3S.C17H32O4.C14H28O2.2C2H6/c1-3-4-5-6-7-8-9-10-11-12-17-22-18-13-15-19(16-14-18)23-24(21)20-2;1-4-5-6-7-8-9-10-11-12-13-14-20-17(19)15(2)21-16(3)18;1-3-4-5-6-7-8-9-10-11-12-13-16-14(2)15;2*1-2/h13-16,20H,3-12,17H2,1-2H3;15H,4-14H2,1-3H3;3-13H2,1-2H3;2*1-2H3. The van der Waals surface area contributed by atoms with Gasteiger partial charge in [0.15, 0.2) is 6.10 Å². The van der Waals surface area contributed by atoms with Gasteiger partial charge in [0.25, 0.3) is 11.3 Å². The van der Waals surface area contributed by atoms with Crippen LogP contribution in [0.2, 0.25) is 0 Å². The summed E-state index contributed by atoms with van der Waals surface area (Å²) < 4.78 is 39.3. The molecule has 0 bridgehead atoms. The Balaban J connectivity index is -0.000000420. The average molecular weight is 944 g/mol. The molecule has 0 fully saturated rings. The summed E-state index contributed by atoms with van der Waals surface area (Å²) in [6.07, 6.45) is 38.1. The Morgan fingerprint density at radius 3 is 1.11 bits per heavy atom. The van der Waals surface area contributed by atoms with Gasteiger partial charge in [-0.3, -0.25) is 9.59 Å². The van der Waals surface area contributed by atoms with Gasteiger partial charge in [-0.15, -0.1) is 0 Å². The Kier molecular flexibility index (Phi) is 62.9. The first-order valence-corrected chi connectivity index (χ1v) is 27.7. The molecule has 1 aromatic carbocycles. The Morgan fingerprint density at radius 1 is 0.477 bits per heavy atom. The van der Waals surface area contributed by atoms with Crippen molar-refractivity contribution in [3.05, 3.63) is 24.3 Å². The van der Waals surface area contributed by atoms with Crippen LogP contribution < -0.4 is 13.6 Å². The minimum absolute atomic E-state index is 0.157. The molecule has 0 radical (unpaired) electrons. The van der Waals surface area contributed by atoms with Gasteiger partial charge >= 0.3 is 17.9 Å². The predicted octanol–water partition coefficient (Wildman–Crippen LogP) is 16.1. The maximum Gasteiger partial charge on any atom is 0.347 e. The van der Waals surface area contributed by atoms with Crippen LogP contribution in [-0.4, -0.2) is 55.1 Å². The summed E-state index contributed by atoms with van der Waals surface area (Å²) in [5, 5.41) is 0. The minimum atomic E-state index is -1.49. The van der Waals surface area contributed by atoms with E-state index in [0.717, 1.165) is 38.0 Å². The van der Waals surface area contributed by atoms with Gasteiger partial charge in [-0.05, 0) is 57.5 Å². The highest BCUT2D eigenvalue weighted by atomic mass is 32.2. The largest absolute Gasteiger partial charge is 0.494 e. The maximum atomic E-state index is 11.4. The molecule has 11 heteroatoms. The number of ether oxygens (including phenoxy) is 4. The third-order valence-corrected chi connectivity index (χ3v) is 10.8. The average Bonchev–Trinajstić information content (AvgIpc) is 3.31. The van der Waals surface area contributed by atoms with E-state index in [9.17, 15) is 18.6 Å². The first-order valence-electron chi connectivity index (χ1n) is 26.6. The van der Waals surface area contributed by atoms with Gasteiger partial charge in [0, 0.05) is 13.8 Å². The lowest BCUT2D eigenvalue weighted by Crippen LogP contribution is -2.25. The highest BCUT2D eigenvalue weighted by molar-refractivity contribution is 7.78. The molecular weight excluding hydrogens is 839 g/mol. The molecule has 1 N–H and O–H groups in total. The van der Waals surface area contributed by atoms with Gasteiger partial charge in [-0.1, -0.05) is 222 Å². The first-order chi connectivity index (χ1) is 31.6. The monoisotopic (exact) mass is 944 g/mol. The molecule has 0 aromatic heterocycles. The zero-order chi connectivity index (χ0) is 49.4. The lowest BCUT2D eigenvalue weighted by atomic mass is 10.1. The third-order valence-electron chi connectivity index (χ3n) is 10.1. The van der Waals surface area contributed by atoms with Gasteiger partial charge in [-0.25, -0.2) is 9.52 Å². The van der Waals surface area contributed by atoms with Crippen LogP contribution in [-0.2, 0) is 39.9 Å². The third kappa shape index (κ3) is 59.3. The smallest absolute Gasteiger partial charge is 0.347 e. The summed E-state index contributed by atoms with van der Waals surface area (Å²) in [5.41, 5.74) is 0. The highest BCUT2D eigenvalue weighted by Gasteiger charge is 2.16. The van der Waals surface area contributed by atoms with E-state index in [1.165, 1.54) is 188 Å². The van der Waals surface area contributed by atoms with E-state index in [-0.39, 0.29) is 5.97 Å². The van der Waals surface area contributed by atoms with Crippen LogP contribution in [0.4, 0.5) is 0 Å². The second-order valence-electron chi connectivity index (χ2n) is 16.1. The zero-order valence-electron chi connectivity index (χ0n) is 44.3.